The van der Waals surface area contributed by atoms with Crippen molar-refractivity contribution in [1.82, 2.24) is 5.32 Å². The van der Waals surface area contributed by atoms with Crippen LogP contribution in [0.5, 0.6) is 0 Å². The summed E-state index contributed by atoms with van der Waals surface area (Å²) in [6.45, 7) is 10.3. The summed E-state index contributed by atoms with van der Waals surface area (Å²) < 4.78 is 5.93. The van der Waals surface area contributed by atoms with E-state index in [0.717, 1.165) is 24.6 Å². The van der Waals surface area contributed by atoms with Gasteiger partial charge < -0.3 is 10.1 Å². The van der Waals surface area contributed by atoms with Gasteiger partial charge in [-0.3, -0.25) is 0 Å². The third-order valence-electron chi connectivity index (χ3n) is 3.22. The van der Waals surface area contributed by atoms with Gasteiger partial charge in [-0.05, 0) is 43.5 Å². The zero-order chi connectivity index (χ0) is 14.3. The standard InChI is InChI=1S/C16H26ClNO/c1-5-18-15(16(12(3)4)19-6-2)11-13-8-7-9-14(17)10-13/h7-10,12,15-16,18H,5-6,11H2,1-4H3. The van der Waals surface area contributed by atoms with Crippen LogP contribution in [0.2, 0.25) is 5.02 Å². The molecule has 0 fully saturated rings. The van der Waals surface area contributed by atoms with Crippen LogP contribution in [0.15, 0.2) is 24.3 Å². The molecule has 0 heterocycles. The van der Waals surface area contributed by atoms with Crippen LogP contribution in [0.4, 0.5) is 0 Å². The van der Waals surface area contributed by atoms with Crippen molar-refractivity contribution < 1.29 is 4.74 Å². The van der Waals surface area contributed by atoms with Crippen LogP contribution in [-0.4, -0.2) is 25.3 Å². The topological polar surface area (TPSA) is 21.3 Å². The van der Waals surface area contributed by atoms with Gasteiger partial charge in [-0.25, -0.2) is 0 Å². The quantitative estimate of drug-likeness (QED) is 0.781. The first-order valence-corrected chi connectivity index (χ1v) is 7.55. The van der Waals surface area contributed by atoms with Crippen LogP contribution >= 0.6 is 11.6 Å². The van der Waals surface area contributed by atoms with Gasteiger partial charge in [0.15, 0.2) is 0 Å². The lowest BCUT2D eigenvalue weighted by Crippen LogP contribution is -2.45. The van der Waals surface area contributed by atoms with E-state index in [2.05, 4.69) is 39.1 Å². The van der Waals surface area contributed by atoms with Crippen molar-refractivity contribution in [2.45, 2.75) is 46.3 Å². The van der Waals surface area contributed by atoms with Gasteiger partial charge in [0.2, 0.25) is 0 Å². The molecule has 2 nitrogen and oxygen atoms in total. The van der Waals surface area contributed by atoms with Crippen molar-refractivity contribution in [2.24, 2.45) is 5.92 Å². The predicted octanol–water partition coefficient (Wildman–Crippen LogP) is 3.92. The lowest BCUT2D eigenvalue weighted by Gasteiger charge is -2.31. The molecule has 1 N–H and O–H groups in total. The van der Waals surface area contributed by atoms with Crippen molar-refractivity contribution in [2.75, 3.05) is 13.2 Å². The molecule has 1 rings (SSSR count). The summed E-state index contributed by atoms with van der Waals surface area (Å²) in [6, 6.07) is 8.40. The maximum absolute atomic E-state index is 6.06. The highest BCUT2D eigenvalue weighted by molar-refractivity contribution is 6.30. The van der Waals surface area contributed by atoms with Crippen LogP contribution in [-0.2, 0) is 11.2 Å². The van der Waals surface area contributed by atoms with E-state index < -0.39 is 0 Å². The summed E-state index contributed by atoms with van der Waals surface area (Å²) in [5.41, 5.74) is 1.25. The summed E-state index contributed by atoms with van der Waals surface area (Å²) in [5.74, 6) is 0.489. The van der Waals surface area contributed by atoms with Crippen molar-refractivity contribution in [1.29, 1.82) is 0 Å². The van der Waals surface area contributed by atoms with E-state index in [1.54, 1.807) is 0 Å². The van der Waals surface area contributed by atoms with E-state index >= 15 is 0 Å². The van der Waals surface area contributed by atoms with E-state index in [4.69, 9.17) is 16.3 Å². The number of likely N-dealkylation sites (N-methyl/N-ethyl adjacent to an activating group) is 1. The Morgan fingerprint density at radius 2 is 2.00 bits per heavy atom. The largest absolute Gasteiger partial charge is 0.377 e. The predicted molar refractivity (Wildman–Crippen MR) is 82.9 cm³/mol. The van der Waals surface area contributed by atoms with Gasteiger partial charge in [0.25, 0.3) is 0 Å². The maximum atomic E-state index is 6.06. The average molecular weight is 284 g/mol. The van der Waals surface area contributed by atoms with Crippen LogP contribution in [0.3, 0.4) is 0 Å². The number of halogens is 1. The van der Waals surface area contributed by atoms with Crippen molar-refractivity contribution in [3.63, 3.8) is 0 Å². The fourth-order valence-corrected chi connectivity index (χ4v) is 2.66. The molecule has 0 saturated heterocycles. The van der Waals surface area contributed by atoms with Crippen molar-refractivity contribution >= 4 is 11.6 Å². The van der Waals surface area contributed by atoms with Crippen LogP contribution in [0.25, 0.3) is 0 Å². The molecule has 108 valence electrons. The second kappa shape index (κ2) is 8.57. The number of rotatable bonds is 8. The zero-order valence-corrected chi connectivity index (χ0v) is 13.2. The summed E-state index contributed by atoms with van der Waals surface area (Å²) in [4.78, 5) is 0. The molecular formula is C16H26ClNO. The third-order valence-corrected chi connectivity index (χ3v) is 3.46. The molecule has 0 aromatic heterocycles. The Morgan fingerprint density at radius 3 is 2.53 bits per heavy atom. The molecule has 0 bridgehead atoms. The summed E-state index contributed by atoms with van der Waals surface area (Å²) in [7, 11) is 0. The Kier molecular flexibility index (Phi) is 7.44. The second-order valence-electron chi connectivity index (χ2n) is 5.16. The summed E-state index contributed by atoms with van der Waals surface area (Å²) >= 11 is 6.06. The SMILES string of the molecule is CCNC(Cc1cccc(Cl)c1)C(OCC)C(C)C. The van der Waals surface area contributed by atoms with E-state index in [1.807, 2.05) is 18.2 Å². The highest BCUT2D eigenvalue weighted by Gasteiger charge is 2.24. The lowest BCUT2D eigenvalue weighted by molar-refractivity contribution is 0.00395. The van der Waals surface area contributed by atoms with Gasteiger partial charge in [0, 0.05) is 17.7 Å². The average Bonchev–Trinajstić information content (AvgIpc) is 2.35. The van der Waals surface area contributed by atoms with Crippen molar-refractivity contribution in [3.8, 4) is 0 Å². The molecule has 19 heavy (non-hydrogen) atoms. The Labute approximate surface area is 122 Å². The van der Waals surface area contributed by atoms with Gasteiger partial charge in [-0.1, -0.05) is 44.5 Å². The zero-order valence-electron chi connectivity index (χ0n) is 12.4. The Hall–Kier alpha value is -0.570. The molecular weight excluding hydrogens is 258 g/mol. The minimum absolute atomic E-state index is 0.226. The van der Waals surface area contributed by atoms with Gasteiger partial charge in [0.05, 0.1) is 6.10 Å². The van der Waals surface area contributed by atoms with Crippen LogP contribution in [0.1, 0.15) is 33.3 Å². The fraction of sp³-hybridized carbons (Fsp3) is 0.625. The number of nitrogens with one attached hydrogen (secondary N) is 1. The molecule has 3 heteroatoms. The first-order chi connectivity index (χ1) is 9.08. The second-order valence-corrected chi connectivity index (χ2v) is 5.60. The van der Waals surface area contributed by atoms with E-state index in [-0.39, 0.29) is 6.10 Å². The number of hydrogen-bond acceptors (Lipinski definition) is 2. The Morgan fingerprint density at radius 1 is 1.26 bits per heavy atom. The number of ether oxygens (including phenoxy) is 1. The molecule has 0 aliphatic heterocycles. The van der Waals surface area contributed by atoms with E-state index in [9.17, 15) is 0 Å². The first kappa shape index (κ1) is 16.5. The molecule has 1 aromatic rings. The monoisotopic (exact) mass is 283 g/mol. The molecule has 0 amide bonds. The molecule has 0 saturated carbocycles. The van der Waals surface area contributed by atoms with Gasteiger partial charge in [-0.2, -0.15) is 0 Å². The van der Waals surface area contributed by atoms with Crippen molar-refractivity contribution in [3.05, 3.63) is 34.9 Å². The molecule has 1 aromatic carbocycles. The van der Waals surface area contributed by atoms with Crippen LogP contribution in [0, 0.1) is 5.92 Å². The first-order valence-electron chi connectivity index (χ1n) is 7.17. The number of hydrogen-bond donors (Lipinski definition) is 1. The maximum Gasteiger partial charge on any atom is 0.0753 e. The van der Waals surface area contributed by atoms with E-state index in [0.29, 0.717) is 12.0 Å². The fourth-order valence-electron chi connectivity index (χ4n) is 2.45. The molecule has 0 aliphatic rings. The van der Waals surface area contributed by atoms with Gasteiger partial charge in [0.1, 0.15) is 0 Å². The lowest BCUT2D eigenvalue weighted by atomic mass is 9.93. The Balaban J connectivity index is 2.80. The molecule has 2 unspecified atom stereocenters. The number of benzene rings is 1. The normalized spacial score (nSPS) is 14.6. The highest BCUT2D eigenvalue weighted by atomic mass is 35.5. The summed E-state index contributed by atoms with van der Waals surface area (Å²) in [5, 5.41) is 4.35. The minimum atomic E-state index is 0.226. The molecule has 0 radical (unpaired) electrons. The summed E-state index contributed by atoms with van der Waals surface area (Å²) in [6.07, 6.45) is 1.17. The Bertz CT molecular complexity index is 368. The van der Waals surface area contributed by atoms with Crippen LogP contribution < -0.4 is 5.32 Å². The van der Waals surface area contributed by atoms with Gasteiger partial charge >= 0.3 is 0 Å². The highest BCUT2D eigenvalue weighted by Crippen LogP contribution is 2.18. The molecule has 0 aliphatic carbocycles. The third kappa shape index (κ3) is 5.52. The smallest absolute Gasteiger partial charge is 0.0753 e. The van der Waals surface area contributed by atoms with E-state index in [1.165, 1.54) is 5.56 Å². The molecule has 0 spiro atoms. The van der Waals surface area contributed by atoms with Gasteiger partial charge in [-0.15, -0.1) is 0 Å². The molecule has 2 atom stereocenters. The minimum Gasteiger partial charge on any atom is -0.377 e.